The molecule has 2 aliphatic heterocycles. The quantitative estimate of drug-likeness (QED) is 0.486. The monoisotopic (exact) mass is 509 g/mol. The Balaban J connectivity index is 1.26. The number of nitrogens with two attached hydrogens (primary N) is 1. The summed E-state index contributed by atoms with van der Waals surface area (Å²) in [5.74, 6) is 0.733. The average molecular weight is 510 g/mol. The summed E-state index contributed by atoms with van der Waals surface area (Å²) in [6.45, 7) is 7.50. The smallest absolute Gasteiger partial charge is 0.254 e. The first kappa shape index (κ1) is 27.1. The summed E-state index contributed by atoms with van der Waals surface area (Å²) in [7, 11) is 0. The first-order valence-electron chi connectivity index (χ1n) is 13.7. The minimum atomic E-state index is -1.07. The number of carbonyl (C=O) groups excluding carboxylic acids is 2. The first-order chi connectivity index (χ1) is 17.8. The van der Waals surface area contributed by atoms with Crippen LogP contribution in [0.2, 0.25) is 0 Å². The molecule has 0 aliphatic carbocycles. The zero-order valence-corrected chi connectivity index (χ0v) is 22.1. The number of hydrogen-bond donors (Lipinski definition) is 1. The second-order valence-corrected chi connectivity index (χ2v) is 10.5. The van der Waals surface area contributed by atoms with E-state index in [1.54, 1.807) is 17.0 Å². The van der Waals surface area contributed by atoms with Crippen LogP contribution in [0.1, 0.15) is 62.7 Å². The number of carbonyl (C=O) groups is 2. The van der Waals surface area contributed by atoms with E-state index in [1.165, 1.54) is 0 Å². The lowest BCUT2D eigenvalue weighted by Crippen LogP contribution is -2.44. The summed E-state index contributed by atoms with van der Waals surface area (Å²) in [6.07, 6.45) is 4.63. The van der Waals surface area contributed by atoms with Gasteiger partial charge in [-0.05, 0) is 92.9 Å². The van der Waals surface area contributed by atoms with Crippen molar-refractivity contribution in [3.8, 4) is 16.9 Å². The third-order valence-electron chi connectivity index (χ3n) is 8.13. The van der Waals surface area contributed by atoms with Crippen molar-refractivity contribution in [1.29, 1.82) is 0 Å². The molecule has 2 aromatic carbocycles. The Morgan fingerprint density at radius 2 is 1.54 bits per heavy atom. The number of nitrogens with zero attached hydrogens (tertiary/aromatic N) is 2. The van der Waals surface area contributed by atoms with Crippen LogP contribution in [-0.2, 0) is 4.79 Å². The van der Waals surface area contributed by atoms with E-state index in [2.05, 4.69) is 4.90 Å². The van der Waals surface area contributed by atoms with Gasteiger partial charge in [0.1, 0.15) is 17.5 Å². The molecule has 1 atom stereocenters. The number of hydrogen-bond acceptors (Lipinski definition) is 4. The van der Waals surface area contributed by atoms with Crippen LogP contribution in [0.15, 0.2) is 48.5 Å². The summed E-state index contributed by atoms with van der Waals surface area (Å²) in [4.78, 5) is 28.3. The number of likely N-dealkylation sites (tertiary alicyclic amines) is 2. The van der Waals surface area contributed by atoms with Crippen molar-refractivity contribution < 1.29 is 18.7 Å². The second kappa shape index (κ2) is 12.1. The maximum absolute atomic E-state index is 14.7. The van der Waals surface area contributed by atoms with E-state index in [0.29, 0.717) is 50.4 Å². The number of alkyl halides is 1. The zero-order chi connectivity index (χ0) is 26.4. The number of rotatable bonds is 10. The van der Waals surface area contributed by atoms with Crippen molar-refractivity contribution in [3.05, 3.63) is 54.1 Å². The molecular weight excluding hydrogens is 469 g/mol. The van der Waals surface area contributed by atoms with Gasteiger partial charge < -0.3 is 20.3 Å². The molecule has 0 radical (unpaired) electrons. The standard InChI is InChI=1S/C30H40FN3O3/c1-3-30(31,4-2)21-33-18-15-22(16-19-33)20-37-26-13-11-24(12-14-26)23-7-9-25(10-8-23)29(36)34-17-5-6-27(34)28(32)35/h7-14,22,27H,3-6,15-21H2,1-2H3,(H2,32,35). The summed E-state index contributed by atoms with van der Waals surface area (Å²) in [5.41, 5.74) is 7.00. The van der Waals surface area contributed by atoms with Crippen LogP contribution >= 0.6 is 0 Å². The Labute approximate surface area is 220 Å². The fourth-order valence-electron chi connectivity index (χ4n) is 5.42. The molecule has 1 unspecified atom stereocenters. The lowest BCUT2D eigenvalue weighted by molar-refractivity contribution is -0.121. The molecule has 37 heavy (non-hydrogen) atoms. The summed E-state index contributed by atoms with van der Waals surface area (Å²) >= 11 is 0. The lowest BCUT2D eigenvalue weighted by Gasteiger charge is -2.36. The third kappa shape index (κ3) is 6.69. The molecule has 4 rings (SSSR count). The van der Waals surface area contributed by atoms with Crippen LogP contribution in [0, 0.1) is 5.92 Å². The zero-order valence-electron chi connectivity index (χ0n) is 22.1. The maximum atomic E-state index is 14.7. The molecule has 2 aromatic rings. The molecule has 2 fully saturated rings. The van der Waals surface area contributed by atoms with Crippen LogP contribution < -0.4 is 10.5 Å². The molecule has 0 spiro atoms. The normalized spacial score (nSPS) is 19.2. The number of benzene rings is 2. The Kier molecular flexibility index (Phi) is 8.85. The largest absolute Gasteiger partial charge is 0.493 e. The van der Waals surface area contributed by atoms with E-state index in [1.807, 2.05) is 50.2 Å². The van der Waals surface area contributed by atoms with E-state index in [9.17, 15) is 14.0 Å². The third-order valence-corrected chi connectivity index (χ3v) is 8.13. The molecule has 0 aromatic heterocycles. The number of amides is 2. The molecular formula is C30H40FN3O3. The molecule has 0 saturated carbocycles. The van der Waals surface area contributed by atoms with Crippen molar-refractivity contribution in [2.24, 2.45) is 11.7 Å². The summed E-state index contributed by atoms with van der Waals surface area (Å²) in [5, 5.41) is 0. The van der Waals surface area contributed by atoms with Crippen LogP contribution in [0.5, 0.6) is 5.75 Å². The van der Waals surface area contributed by atoms with Gasteiger partial charge in [-0.1, -0.05) is 38.1 Å². The molecule has 200 valence electrons. The van der Waals surface area contributed by atoms with Crippen molar-refractivity contribution in [2.75, 3.05) is 32.8 Å². The molecule has 2 heterocycles. The summed E-state index contributed by atoms with van der Waals surface area (Å²) in [6, 6.07) is 15.0. The van der Waals surface area contributed by atoms with Crippen LogP contribution in [0.3, 0.4) is 0 Å². The van der Waals surface area contributed by atoms with Gasteiger partial charge in [0.25, 0.3) is 5.91 Å². The Morgan fingerprint density at radius 3 is 2.11 bits per heavy atom. The fourth-order valence-corrected chi connectivity index (χ4v) is 5.42. The lowest BCUT2D eigenvalue weighted by atomic mass is 9.94. The van der Waals surface area contributed by atoms with Crippen molar-refractivity contribution in [3.63, 3.8) is 0 Å². The SMILES string of the molecule is CCC(F)(CC)CN1CCC(COc2ccc(-c3ccc(C(=O)N4CCCC4C(N)=O)cc3)cc2)CC1. The number of primary amides is 1. The predicted molar refractivity (Wildman–Crippen MR) is 144 cm³/mol. The fraction of sp³-hybridized carbons (Fsp3) is 0.533. The van der Waals surface area contributed by atoms with E-state index in [-0.39, 0.29) is 5.91 Å². The van der Waals surface area contributed by atoms with Gasteiger partial charge in [-0.25, -0.2) is 4.39 Å². The van der Waals surface area contributed by atoms with Gasteiger partial charge in [0, 0.05) is 18.7 Å². The van der Waals surface area contributed by atoms with E-state index < -0.39 is 17.6 Å². The van der Waals surface area contributed by atoms with Crippen LogP contribution in [0.4, 0.5) is 4.39 Å². The highest BCUT2D eigenvalue weighted by molar-refractivity contribution is 5.98. The van der Waals surface area contributed by atoms with Crippen molar-refractivity contribution in [2.45, 2.75) is 64.1 Å². The molecule has 0 bridgehead atoms. The molecule has 2 saturated heterocycles. The van der Waals surface area contributed by atoms with E-state index in [4.69, 9.17) is 10.5 Å². The Hall–Kier alpha value is -2.93. The van der Waals surface area contributed by atoms with Crippen molar-refractivity contribution >= 4 is 11.8 Å². The molecule has 2 N–H and O–H groups in total. The second-order valence-electron chi connectivity index (χ2n) is 10.5. The highest BCUT2D eigenvalue weighted by Gasteiger charge is 2.33. The topological polar surface area (TPSA) is 75.9 Å². The number of halogens is 1. The van der Waals surface area contributed by atoms with E-state index >= 15 is 0 Å². The van der Waals surface area contributed by atoms with Crippen molar-refractivity contribution in [1.82, 2.24) is 9.80 Å². The maximum Gasteiger partial charge on any atom is 0.254 e. The highest BCUT2D eigenvalue weighted by Crippen LogP contribution is 2.28. The van der Waals surface area contributed by atoms with Crippen LogP contribution in [-0.4, -0.2) is 66.1 Å². The van der Waals surface area contributed by atoms with E-state index in [0.717, 1.165) is 49.2 Å². The average Bonchev–Trinajstić information content (AvgIpc) is 3.43. The minimum Gasteiger partial charge on any atom is -0.493 e. The van der Waals surface area contributed by atoms with Crippen LogP contribution in [0.25, 0.3) is 11.1 Å². The van der Waals surface area contributed by atoms with Gasteiger partial charge in [0.15, 0.2) is 0 Å². The van der Waals surface area contributed by atoms with Gasteiger partial charge in [0.2, 0.25) is 5.91 Å². The molecule has 6 nitrogen and oxygen atoms in total. The minimum absolute atomic E-state index is 0.151. The highest BCUT2D eigenvalue weighted by atomic mass is 19.1. The van der Waals surface area contributed by atoms with Gasteiger partial charge in [-0.15, -0.1) is 0 Å². The predicted octanol–water partition coefficient (Wildman–Crippen LogP) is 5.06. The molecule has 2 aliphatic rings. The summed E-state index contributed by atoms with van der Waals surface area (Å²) < 4.78 is 20.8. The number of ether oxygens (including phenoxy) is 1. The van der Waals surface area contributed by atoms with Gasteiger partial charge >= 0.3 is 0 Å². The Morgan fingerprint density at radius 1 is 0.946 bits per heavy atom. The Bertz CT molecular complexity index is 1040. The van der Waals surface area contributed by atoms with Gasteiger partial charge in [-0.3, -0.25) is 9.59 Å². The van der Waals surface area contributed by atoms with Gasteiger partial charge in [0.05, 0.1) is 6.61 Å². The molecule has 7 heteroatoms. The molecule has 2 amide bonds. The van der Waals surface area contributed by atoms with Gasteiger partial charge in [-0.2, -0.15) is 0 Å². The first-order valence-corrected chi connectivity index (χ1v) is 13.7. The number of piperidine rings is 1.